The molecule has 0 aromatic carbocycles. The highest BCUT2D eigenvalue weighted by atomic mass is 16.3. The molecule has 4 nitrogen and oxygen atoms in total. The van der Waals surface area contributed by atoms with Crippen molar-refractivity contribution in [3.63, 3.8) is 0 Å². The summed E-state index contributed by atoms with van der Waals surface area (Å²) in [6, 6.07) is 0.0468. The molecular weight excluding hydrogens is 216 g/mol. The molecule has 1 aliphatic heterocycles. The third-order valence-corrected chi connectivity index (χ3v) is 4.35. The number of nitrogens with two attached hydrogens (primary N) is 1. The molecule has 98 valence electrons. The van der Waals surface area contributed by atoms with Crippen LogP contribution in [-0.2, 0) is 4.79 Å². The lowest BCUT2D eigenvalue weighted by Gasteiger charge is -2.35. The summed E-state index contributed by atoms with van der Waals surface area (Å²) in [6.45, 7) is 3.07. The second kappa shape index (κ2) is 5.36. The van der Waals surface area contributed by atoms with Crippen molar-refractivity contribution in [3.8, 4) is 0 Å². The molecule has 4 heteroatoms. The Morgan fingerprint density at radius 3 is 2.88 bits per heavy atom. The van der Waals surface area contributed by atoms with Crippen LogP contribution in [0.25, 0.3) is 0 Å². The summed E-state index contributed by atoms with van der Waals surface area (Å²) >= 11 is 0. The van der Waals surface area contributed by atoms with E-state index in [4.69, 9.17) is 5.73 Å². The molecule has 0 bridgehead atoms. The number of aliphatic hydroxyl groups is 1. The van der Waals surface area contributed by atoms with E-state index in [1.165, 1.54) is 0 Å². The van der Waals surface area contributed by atoms with Gasteiger partial charge in [-0.05, 0) is 38.0 Å². The van der Waals surface area contributed by atoms with E-state index < -0.39 is 0 Å². The summed E-state index contributed by atoms with van der Waals surface area (Å²) < 4.78 is 0. The number of nitrogens with zero attached hydrogens (tertiary/aromatic N) is 1. The smallest absolute Gasteiger partial charge is 0.227 e. The van der Waals surface area contributed by atoms with E-state index in [9.17, 15) is 9.90 Å². The Bertz CT molecular complexity index is 283. The van der Waals surface area contributed by atoms with Crippen molar-refractivity contribution in [3.05, 3.63) is 0 Å². The summed E-state index contributed by atoms with van der Waals surface area (Å²) in [7, 11) is 0. The maximum absolute atomic E-state index is 12.5. The molecule has 4 atom stereocenters. The topological polar surface area (TPSA) is 66.6 Å². The minimum Gasteiger partial charge on any atom is -0.394 e. The highest BCUT2D eigenvalue weighted by Gasteiger charge is 2.37. The molecular formula is C13H24N2O2. The van der Waals surface area contributed by atoms with Crippen LogP contribution in [0.3, 0.4) is 0 Å². The van der Waals surface area contributed by atoms with Gasteiger partial charge in [0.05, 0.1) is 18.6 Å². The predicted molar refractivity (Wildman–Crippen MR) is 66.3 cm³/mol. The molecule has 4 unspecified atom stereocenters. The molecule has 1 aliphatic carbocycles. The number of carbonyl (C=O) groups is 1. The van der Waals surface area contributed by atoms with Crippen LogP contribution in [0.5, 0.6) is 0 Å². The first-order chi connectivity index (χ1) is 8.13. The molecule has 17 heavy (non-hydrogen) atoms. The van der Waals surface area contributed by atoms with E-state index in [1.54, 1.807) is 0 Å². The molecule has 0 radical (unpaired) electrons. The van der Waals surface area contributed by atoms with Gasteiger partial charge in [0.15, 0.2) is 0 Å². The maximum Gasteiger partial charge on any atom is 0.227 e. The summed E-state index contributed by atoms with van der Waals surface area (Å²) in [5.74, 6) is 0.755. The predicted octanol–water partition coefficient (Wildman–Crippen LogP) is 0.733. The highest BCUT2D eigenvalue weighted by Crippen LogP contribution is 2.31. The molecule has 1 saturated heterocycles. The second-order valence-electron chi connectivity index (χ2n) is 5.70. The van der Waals surface area contributed by atoms with Crippen molar-refractivity contribution in [2.24, 2.45) is 17.6 Å². The van der Waals surface area contributed by atoms with Crippen molar-refractivity contribution in [1.82, 2.24) is 4.90 Å². The van der Waals surface area contributed by atoms with Gasteiger partial charge in [0.1, 0.15) is 0 Å². The van der Waals surface area contributed by atoms with Gasteiger partial charge in [0, 0.05) is 12.6 Å². The van der Waals surface area contributed by atoms with Crippen molar-refractivity contribution < 1.29 is 9.90 Å². The van der Waals surface area contributed by atoms with Gasteiger partial charge in [-0.25, -0.2) is 0 Å². The fraction of sp³-hybridized carbons (Fsp3) is 0.923. The van der Waals surface area contributed by atoms with E-state index >= 15 is 0 Å². The van der Waals surface area contributed by atoms with Gasteiger partial charge in [-0.1, -0.05) is 6.92 Å². The van der Waals surface area contributed by atoms with Gasteiger partial charge < -0.3 is 15.7 Å². The Labute approximate surface area is 103 Å². The summed E-state index contributed by atoms with van der Waals surface area (Å²) in [6.07, 6.45) is 4.94. The van der Waals surface area contributed by atoms with Crippen molar-refractivity contribution in [2.75, 3.05) is 13.2 Å². The molecule has 1 amide bonds. The first-order valence-corrected chi connectivity index (χ1v) is 6.80. The van der Waals surface area contributed by atoms with E-state index in [0.29, 0.717) is 5.92 Å². The second-order valence-corrected chi connectivity index (χ2v) is 5.70. The average Bonchev–Trinajstić information content (AvgIpc) is 2.79. The summed E-state index contributed by atoms with van der Waals surface area (Å²) in [5, 5.41) is 9.28. The van der Waals surface area contributed by atoms with Crippen LogP contribution in [-0.4, -0.2) is 41.1 Å². The van der Waals surface area contributed by atoms with E-state index in [0.717, 1.165) is 38.6 Å². The normalized spacial score (nSPS) is 38.4. The standard InChI is InChI=1S/C13H24N2O2/c1-9-4-5-12(14)11(7-9)13(17)15-6-2-3-10(15)8-16/h9-12,16H,2-8,14H2,1H3. The minimum absolute atomic E-state index is 0.0126. The van der Waals surface area contributed by atoms with Crippen LogP contribution < -0.4 is 5.73 Å². The van der Waals surface area contributed by atoms with Gasteiger partial charge >= 0.3 is 0 Å². The fourth-order valence-corrected chi connectivity index (χ4v) is 3.22. The van der Waals surface area contributed by atoms with E-state index in [2.05, 4.69) is 6.92 Å². The monoisotopic (exact) mass is 240 g/mol. The number of amides is 1. The molecule has 2 aliphatic rings. The Balaban J connectivity index is 2.02. The molecule has 2 fully saturated rings. The lowest BCUT2D eigenvalue weighted by molar-refractivity contribution is -0.139. The first-order valence-electron chi connectivity index (χ1n) is 6.80. The lowest BCUT2D eigenvalue weighted by Crippen LogP contribution is -2.49. The molecule has 3 N–H and O–H groups in total. The summed E-state index contributed by atoms with van der Waals surface area (Å²) in [5.41, 5.74) is 6.09. The molecule has 0 spiro atoms. The van der Waals surface area contributed by atoms with Gasteiger partial charge in [-0.3, -0.25) is 4.79 Å². The molecule has 0 aromatic heterocycles. The van der Waals surface area contributed by atoms with Crippen molar-refractivity contribution in [1.29, 1.82) is 0 Å². The molecule has 2 rings (SSSR count). The van der Waals surface area contributed by atoms with Crippen LogP contribution in [0.4, 0.5) is 0 Å². The van der Waals surface area contributed by atoms with Gasteiger partial charge in [0.2, 0.25) is 5.91 Å². The summed E-state index contributed by atoms with van der Waals surface area (Å²) in [4.78, 5) is 14.3. The maximum atomic E-state index is 12.5. The van der Waals surface area contributed by atoms with Gasteiger partial charge in [-0.15, -0.1) is 0 Å². The number of aliphatic hydroxyl groups excluding tert-OH is 1. The molecule has 0 aromatic rings. The lowest BCUT2D eigenvalue weighted by atomic mass is 9.78. The molecule has 1 saturated carbocycles. The zero-order valence-corrected chi connectivity index (χ0v) is 10.6. The van der Waals surface area contributed by atoms with Crippen molar-refractivity contribution >= 4 is 5.91 Å². The minimum atomic E-state index is -0.0223. The fourth-order valence-electron chi connectivity index (χ4n) is 3.22. The average molecular weight is 240 g/mol. The van der Waals surface area contributed by atoms with Crippen LogP contribution in [0.15, 0.2) is 0 Å². The Hall–Kier alpha value is -0.610. The zero-order valence-electron chi connectivity index (χ0n) is 10.6. The highest BCUT2D eigenvalue weighted by molar-refractivity contribution is 5.80. The molecule has 1 heterocycles. The van der Waals surface area contributed by atoms with E-state index in [1.807, 2.05) is 4.90 Å². The van der Waals surface area contributed by atoms with Crippen LogP contribution in [0.1, 0.15) is 39.0 Å². The van der Waals surface area contributed by atoms with Gasteiger partial charge in [0.25, 0.3) is 0 Å². The zero-order chi connectivity index (χ0) is 12.4. The van der Waals surface area contributed by atoms with Crippen LogP contribution in [0, 0.1) is 11.8 Å². The van der Waals surface area contributed by atoms with Crippen LogP contribution >= 0.6 is 0 Å². The van der Waals surface area contributed by atoms with E-state index in [-0.39, 0.29) is 30.5 Å². The number of rotatable bonds is 2. The van der Waals surface area contributed by atoms with Gasteiger partial charge in [-0.2, -0.15) is 0 Å². The number of hydrogen-bond acceptors (Lipinski definition) is 3. The third-order valence-electron chi connectivity index (χ3n) is 4.35. The quantitative estimate of drug-likeness (QED) is 0.748. The number of hydrogen-bond donors (Lipinski definition) is 2. The number of carbonyl (C=O) groups excluding carboxylic acids is 1. The first kappa shape index (κ1) is 12.8. The number of likely N-dealkylation sites (tertiary alicyclic amines) is 1. The largest absolute Gasteiger partial charge is 0.394 e. The Morgan fingerprint density at radius 2 is 2.18 bits per heavy atom. The SMILES string of the molecule is CC1CCC(N)C(C(=O)N2CCCC2CO)C1. The Morgan fingerprint density at radius 1 is 1.41 bits per heavy atom. The Kier molecular flexibility index (Phi) is 4.05. The van der Waals surface area contributed by atoms with Crippen LogP contribution in [0.2, 0.25) is 0 Å². The van der Waals surface area contributed by atoms with Crippen molar-refractivity contribution in [2.45, 2.75) is 51.1 Å². The third kappa shape index (κ3) is 2.63.